The lowest BCUT2D eigenvalue weighted by atomic mass is 10.0. The van der Waals surface area contributed by atoms with Crippen LogP contribution in [0.25, 0.3) is 22.4 Å². The number of aromatic nitrogens is 1. The molecule has 0 saturated heterocycles. The summed E-state index contributed by atoms with van der Waals surface area (Å²) in [6.07, 6.45) is 0.0115. The van der Waals surface area contributed by atoms with Gasteiger partial charge in [-0.15, -0.1) is 0 Å². The molecular weight excluding hydrogens is 258 g/mol. The highest BCUT2D eigenvalue weighted by atomic mass is 16.3. The summed E-state index contributed by atoms with van der Waals surface area (Å²) in [4.78, 5) is 4.61. The van der Waals surface area contributed by atoms with E-state index in [1.807, 2.05) is 18.2 Å². The summed E-state index contributed by atoms with van der Waals surface area (Å²) < 4.78 is 0. The van der Waals surface area contributed by atoms with Crippen LogP contribution in [0, 0.1) is 0 Å². The molecule has 1 N–H and O–H groups in total. The van der Waals surface area contributed by atoms with E-state index in [0.29, 0.717) is 6.42 Å². The molecule has 1 atom stereocenters. The summed E-state index contributed by atoms with van der Waals surface area (Å²) in [5, 5.41) is 10.4. The van der Waals surface area contributed by atoms with Crippen molar-refractivity contribution in [3.05, 3.63) is 78.0 Å². The SMILES string of the molecule is OC1Cc2ccc(cc2)-c2ccc(cc2)-c2cccc1n2. The number of rotatable bonds is 0. The summed E-state index contributed by atoms with van der Waals surface area (Å²) in [5.41, 5.74) is 6.21. The lowest BCUT2D eigenvalue weighted by Gasteiger charge is -2.11. The molecular formula is C19H15NO. The minimum Gasteiger partial charge on any atom is -0.386 e. The third-order valence-corrected chi connectivity index (χ3v) is 4.01. The smallest absolute Gasteiger partial charge is 0.1000 e. The van der Waals surface area contributed by atoms with E-state index in [4.69, 9.17) is 0 Å². The molecule has 2 aromatic carbocycles. The van der Waals surface area contributed by atoms with Crippen LogP contribution in [-0.2, 0) is 6.42 Å². The maximum atomic E-state index is 10.4. The third-order valence-electron chi connectivity index (χ3n) is 4.01. The Morgan fingerprint density at radius 1 is 0.762 bits per heavy atom. The Bertz CT molecular complexity index is 775. The van der Waals surface area contributed by atoms with Gasteiger partial charge in [0.05, 0.1) is 17.5 Å². The van der Waals surface area contributed by atoms with Gasteiger partial charge >= 0.3 is 0 Å². The quantitative estimate of drug-likeness (QED) is 0.671. The van der Waals surface area contributed by atoms with Gasteiger partial charge in [-0.1, -0.05) is 54.6 Å². The van der Waals surface area contributed by atoms with E-state index in [9.17, 15) is 5.11 Å². The Hall–Kier alpha value is -2.45. The van der Waals surface area contributed by atoms with Crippen molar-refractivity contribution in [3.63, 3.8) is 0 Å². The molecule has 0 fully saturated rings. The first-order valence-electron chi connectivity index (χ1n) is 7.14. The molecule has 0 radical (unpaired) electrons. The summed E-state index contributed by atoms with van der Waals surface area (Å²) in [6.45, 7) is 0. The second-order valence-corrected chi connectivity index (χ2v) is 5.44. The van der Waals surface area contributed by atoms with E-state index in [0.717, 1.165) is 22.5 Å². The summed E-state index contributed by atoms with van der Waals surface area (Å²) >= 11 is 0. The number of benzene rings is 2. The number of aliphatic hydroxyl groups excluding tert-OH is 1. The van der Waals surface area contributed by atoms with Crippen molar-refractivity contribution >= 4 is 0 Å². The Labute approximate surface area is 123 Å². The van der Waals surface area contributed by atoms with Gasteiger partial charge in [-0.05, 0) is 28.8 Å². The standard InChI is InChI=1S/C19H15NO/c21-19-12-13-4-6-14(7-5-13)15-8-10-16(11-9-15)17-2-1-3-18(19)20-17/h1-11,19,21H,12H2. The average molecular weight is 273 g/mol. The number of aliphatic hydroxyl groups is 1. The largest absolute Gasteiger partial charge is 0.386 e. The van der Waals surface area contributed by atoms with Gasteiger partial charge in [0.25, 0.3) is 0 Å². The van der Waals surface area contributed by atoms with Crippen molar-refractivity contribution < 1.29 is 5.11 Å². The molecule has 1 aromatic heterocycles. The van der Waals surface area contributed by atoms with Gasteiger partial charge in [0.2, 0.25) is 0 Å². The highest BCUT2D eigenvalue weighted by Crippen LogP contribution is 2.27. The molecule has 0 saturated carbocycles. The van der Waals surface area contributed by atoms with Crippen LogP contribution in [0.2, 0.25) is 0 Å². The maximum absolute atomic E-state index is 10.4. The zero-order chi connectivity index (χ0) is 14.2. The lowest BCUT2D eigenvalue weighted by Crippen LogP contribution is -2.04. The number of pyridine rings is 1. The highest BCUT2D eigenvalue weighted by molar-refractivity contribution is 5.69. The van der Waals surface area contributed by atoms with Crippen LogP contribution >= 0.6 is 0 Å². The lowest BCUT2D eigenvalue weighted by molar-refractivity contribution is 0.174. The Kier molecular flexibility index (Phi) is 2.83. The van der Waals surface area contributed by atoms with Gasteiger partial charge < -0.3 is 5.11 Å². The molecule has 6 rings (SSSR count). The first kappa shape index (κ1) is 12.3. The average Bonchev–Trinajstić information content (AvgIpc) is 2.56. The zero-order valence-corrected chi connectivity index (χ0v) is 11.5. The second-order valence-electron chi connectivity index (χ2n) is 5.44. The van der Waals surface area contributed by atoms with Gasteiger partial charge in [-0.3, -0.25) is 4.98 Å². The fourth-order valence-corrected chi connectivity index (χ4v) is 2.79. The van der Waals surface area contributed by atoms with Gasteiger partial charge in [-0.25, -0.2) is 0 Å². The van der Waals surface area contributed by atoms with Crippen molar-refractivity contribution in [1.82, 2.24) is 4.98 Å². The van der Waals surface area contributed by atoms with E-state index in [2.05, 4.69) is 53.5 Å². The van der Waals surface area contributed by atoms with E-state index in [-0.39, 0.29) is 0 Å². The van der Waals surface area contributed by atoms with Crippen LogP contribution < -0.4 is 0 Å². The van der Waals surface area contributed by atoms with Crippen molar-refractivity contribution in [2.24, 2.45) is 0 Å². The van der Waals surface area contributed by atoms with Gasteiger partial charge in [-0.2, -0.15) is 0 Å². The molecule has 0 spiro atoms. The molecule has 0 aliphatic carbocycles. The Morgan fingerprint density at radius 2 is 1.38 bits per heavy atom. The van der Waals surface area contributed by atoms with Crippen LogP contribution in [0.3, 0.4) is 0 Å². The van der Waals surface area contributed by atoms with Crippen molar-refractivity contribution in [2.75, 3.05) is 0 Å². The van der Waals surface area contributed by atoms with Crippen LogP contribution in [0.15, 0.2) is 66.7 Å². The zero-order valence-electron chi connectivity index (χ0n) is 11.5. The van der Waals surface area contributed by atoms with Crippen LogP contribution in [0.1, 0.15) is 17.4 Å². The van der Waals surface area contributed by atoms with Crippen molar-refractivity contribution in [3.8, 4) is 22.4 Å². The van der Waals surface area contributed by atoms with Crippen molar-refractivity contribution in [1.29, 1.82) is 0 Å². The first-order valence-corrected chi connectivity index (χ1v) is 7.14. The van der Waals surface area contributed by atoms with E-state index in [1.54, 1.807) is 0 Å². The topological polar surface area (TPSA) is 33.1 Å². The minimum absolute atomic E-state index is 0.574. The summed E-state index contributed by atoms with van der Waals surface area (Å²) in [6, 6.07) is 22.6. The number of hydrogen-bond acceptors (Lipinski definition) is 2. The Balaban J connectivity index is 1.95. The molecule has 3 aromatic rings. The third kappa shape index (κ3) is 2.24. The second kappa shape index (κ2) is 4.83. The van der Waals surface area contributed by atoms with E-state index in [1.165, 1.54) is 11.1 Å². The predicted octanol–water partition coefficient (Wildman–Crippen LogP) is 4.01. The van der Waals surface area contributed by atoms with E-state index >= 15 is 0 Å². The molecule has 1 unspecified atom stereocenters. The molecule has 2 nitrogen and oxygen atoms in total. The predicted molar refractivity (Wildman–Crippen MR) is 83.8 cm³/mol. The molecule has 102 valence electrons. The number of fused-ring (bicyclic) bond motifs is 2. The van der Waals surface area contributed by atoms with Gasteiger partial charge in [0, 0.05) is 12.0 Å². The Morgan fingerprint density at radius 3 is 2.10 bits per heavy atom. The van der Waals surface area contributed by atoms with Crippen molar-refractivity contribution in [2.45, 2.75) is 12.5 Å². The fraction of sp³-hybridized carbons (Fsp3) is 0.105. The molecule has 0 amide bonds. The summed E-state index contributed by atoms with van der Waals surface area (Å²) in [5.74, 6) is 0. The normalized spacial score (nSPS) is 16.1. The molecule has 3 aliphatic heterocycles. The van der Waals surface area contributed by atoms with Crippen LogP contribution in [-0.4, -0.2) is 10.1 Å². The molecule has 3 aliphatic rings. The first-order chi connectivity index (χ1) is 10.3. The summed E-state index contributed by atoms with van der Waals surface area (Å²) in [7, 11) is 0. The van der Waals surface area contributed by atoms with Crippen LogP contribution in [0.5, 0.6) is 0 Å². The molecule has 21 heavy (non-hydrogen) atoms. The monoisotopic (exact) mass is 273 g/mol. The molecule has 2 heteroatoms. The molecule has 4 heterocycles. The number of nitrogens with zero attached hydrogens (tertiary/aromatic N) is 1. The maximum Gasteiger partial charge on any atom is 0.1000 e. The van der Waals surface area contributed by atoms with Crippen LogP contribution in [0.4, 0.5) is 0 Å². The van der Waals surface area contributed by atoms with Gasteiger partial charge in [0.1, 0.15) is 0 Å². The van der Waals surface area contributed by atoms with E-state index < -0.39 is 6.10 Å². The highest BCUT2D eigenvalue weighted by Gasteiger charge is 2.12. The number of hydrogen-bond donors (Lipinski definition) is 1. The van der Waals surface area contributed by atoms with Gasteiger partial charge in [0.15, 0.2) is 0 Å². The fourth-order valence-electron chi connectivity index (χ4n) is 2.79. The minimum atomic E-state index is -0.574. The molecule has 6 bridgehead atoms.